The highest BCUT2D eigenvalue weighted by atomic mass is 35.5. The lowest BCUT2D eigenvalue weighted by Crippen LogP contribution is -2.44. The van der Waals surface area contributed by atoms with Crippen molar-refractivity contribution >= 4 is 35.6 Å². The molecule has 1 amide bonds. The molecule has 0 unspecified atom stereocenters. The van der Waals surface area contributed by atoms with Crippen LogP contribution in [0, 0.1) is 0 Å². The number of amides is 1. The summed E-state index contributed by atoms with van der Waals surface area (Å²) in [5.41, 5.74) is 7.73. The maximum absolute atomic E-state index is 12.5. The normalized spacial score (nSPS) is 15.9. The van der Waals surface area contributed by atoms with Crippen molar-refractivity contribution in [2.75, 3.05) is 25.5 Å². The first-order valence-corrected chi connectivity index (χ1v) is 8.46. The molecule has 1 saturated heterocycles. The average Bonchev–Trinajstić information content (AvgIpc) is 2.61. The topological polar surface area (TPSA) is 64.4 Å². The van der Waals surface area contributed by atoms with E-state index in [1.165, 1.54) is 0 Å². The lowest BCUT2D eigenvalue weighted by molar-refractivity contribution is 0.0487. The minimum Gasteiger partial charge on any atom is -0.398 e. The SMILES string of the molecule is Cl.Nc1ccccc1C(=O)NCC1(c2ccccc2Cl)CCOCC1. The third-order valence-corrected chi connectivity index (χ3v) is 5.02. The van der Waals surface area contributed by atoms with Crippen molar-refractivity contribution in [3.05, 3.63) is 64.7 Å². The number of hydrogen-bond donors (Lipinski definition) is 2. The summed E-state index contributed by atoms with van der Waals surface area (Å²) in [6.07, 6.45) is 1.64. The number of rotatable bonds is 4. The molecule has 0 saturated carbocycles. The maximum atomic E-state index is 12.5. The zero-order chi connectivity index (χ0) is 17.0. The molecule has 0 bridgehead atoms. The van der Waals surface area contributed by atoms with Crippen LogP contribution in [0.1, 0.15) is 28.8 Å². The Bertz CT molecular complexity index is 731. The molecule has 3 rings (SSSR count). The van der Waals surface area contributed by atoms with Crippen LogP contribution in [0.4, 0.5) is 5.69 Å². The van der Waals surface area contributed by atoms with Gasteiger partial charge < -0.3 is 15.8 Å². The van der Waals surface area contributed by atoms with Crippen molar-refractivity contribution in [1.82, 2.24) is 5.32 Å². The van der Waals surface area contributed by atoms with Crippen LogP contribution in [0.3, 0.4) is 0 Å². The van der Waals surface area contributed by atoms with Gasteiger partial charge in [-0.3, -0.25) is 4.79 Å². The third-order valence-electron chi connectivity index (χ3n) is 4.69. The number of nitrogens with one attached hydrogen (secondary N) is 1. The Morgan fingerprint density at radius 2 is 1.76 bits per heavy atom. The van der Waals surface area contributed by atoms with Crippen molar-refractivity contribution < 1.29 is 9.53 Å². The molecule has 0 spiro atoms. The number of nitrogens with two attached hydrogens (primary N) is 1. The van der Waals surface area contributed by atoms with E-state index in [2.05, 4.69) is 5.32 Å². The lowest BCUT2D eigenvalue weighted by atomic mass is 9.74. The summed E-state index contributed by atoms with van der Waals surface area (Å²) in [6, 6.07) is 14.9. The third kappa shape index (κ3) is 4.27. The van der Waals surface area contributed by atoms with Gasteiger partial charge in [0.2, 0.25) is 0 Å². The van der Waals surface area contributed by atoms with Gasteiger partial charge in [-0.15, -0.1) is 12.4 Å². The summed E-state index contributed by atoms with van der Waals surface area (Å²) in [5, 5.41) is 3.77. The highest BCUT2D eigenvalue weighted by Crippen LogP contribution is 2.38. The molecule has 6 heteroatoms. The molecule has 0 radical (unpaired) electrons. The smallest absolute Gasteiger partial charge is 0.253 e. The number of nitrogen functional groups attached to an aromatic ring is 1. The van der Waals surface area contributed by atoms with Crippen LogP contribution >= 0.6 is 24.0 Å². The first-order valence-electron chi connectivity index (χ1n) is 8.08. The summed E-state index contributed by atoms with van der Waals surface area (Å²) in [6.45, 7) is 1.83. The second kappa shape index (κ2) is 8.56. The summed E-state index contributed by atoms with van der Waals surface area (Å²) in [7, 11) is 0. The fourth-order valence-electron chi connectivity index (χ4n) is 3.24. The number of benzene rings is 2. The number of halogens is 2. The molecule has 1 aliphatic heterocycles. The molecule has 1 heterocycles. The van der Waals surface area contributed by atoms with E-state index in [1.807, 2.05) is 36.4 Å². The summed E-state index contributed by atoms with van der Waals surface area (Å²) in [4.78, 5) is 12.5. The molecule has 0 atom stereocenters. The Balaban J connectivity index is 0.00000225. The Hall–Kier alpha value is -1.75. The number of para-hydroxylation sites is 1. The predicted octanol–water partition coefficient (Wildman–Crippen LogP) is 3.82. The van der Waals surface area contributed by atoms with Gasteiger partial charge in [-0.25, -0.2) is 0 Å². The van der Waals surface area contributed by atoms with Gasteiger partial charge >= 0.3 is 0 Å². The van der Waals surface area contributed by atoms with E-state index < -0.39 is 0 Å². The second-order valence-electron chi connectivity index (χ2n) is 6.14. The summed E-state index contributed by atoms with van der Waals surface area (Å²) >= 11 is 6.43. The monoisotopic (exact) mass is 380 g/mol. The van der Waals surface area contributed by atoms with E-state index in [0.717, 1.165) is 23.4 Å². The zero-order valence-corrected chi connectivity index (χ0v) is 15.4. The van der Waals surface area contributed by atoms with E-state index >= 15 is 0 Å². The molecule has 3 N–H and O–H groups in total. The van der Waals surface area contributed by atoms with E-state index in [1.54, 1.807) is 12.1 Å². The first-order chi connectivity index (χ1) is 11.6. The van der Waals surface area contributed by atoms with Crippen molar-refractivity contribution in [3.8, 4) is 0 Å². The fourth-order valence-corrected chi connectivity index (χ4v) is 3.58. The van der Waals surface area contributed by atoms with Gasteiger partial charge in [0, 0.05) is 35.9 Å². The van der Waals surface area contributed by atoms with Gasteiger partial charge in [-0.05, 0) is 36.6 Å². The zero-order valence-electron chi connectivity index (χ0n) is 13.8. The molecular weight excluding hydrogens is 359 g/mol. The number of ether oxygens (including phenoxy) is 1. The molecule has 4 nitrogen and oxygen atoms in total. The van der Waals surface area contributed by atoms with E-state index in [9.17, 15) is 4.79 Å². The largest absolute Gasteiger partial charge is 0.398 e. The minimum atomic E-state index is -0.213. The van der Waals surface area contributed by atoms with E-state index in [-0.39, 0.29) is 23.7 Å². The molecular formula is C19H22Cl2N2O2. The number of carbonyl (C=O) groups excluding carboxylic acids is 1. The molecule has 1 fully saturated rings. The standard InChI is InChI=1S/C19H21ClN2O2.ClH/c20-16-7-3-2-6-15(16)19(9-11-24-12-10-19)13-22-18(23)14-5-1-4-8-17(14)21;/h1-8H,9-13,21H2,(H,22,23);1H. The van der Waals surface area contributed by atoms with Gasteiger partial charge in [0.25, 0.3) is 5.91 Å². The van der Waals surface area contributed by atoms with Gasteiger partial charge in [0.05, 0.1) is 5.56 Å². The van der Waals surface area contributed by atoms with Crippen LogP contribution < -0.4 is 11.1 Å². The molecule has 2 aromatic carbocycles. The van der Waals surface area contributed by atoms with Crippen molar-refractivity contribution in [2.24, 2.45) is 0 Å². The van der Waals surface area contributed by atoms with Crippen molar-refractivity contribution in [1.29, 1.82) is 0 Å². The second-order valence-corrected chi connectivity index (χ2v) is 6.55. The van der Waals surface area contributed by atoms with Gasteiger partial charge in [0.15, 0.2) is 0 Å². The van der Waals surface area contributed by atoms with Crippen LogP contribution in [0.5, 0.6) is 0 Å². The van der Waals surface area contributed by atoms with E-state index in [0.29, 0.717) is 31.0 Å². The molecule has 1 aliphatic rings. The summed E-state index contributed by atoms with van der Waals surface area (Å²) < 4.78 is 5.52. The van der Waals surface area contributed by atoms with Crippen molar-refractivity contribution in [3.63, 3.8) is 0 Å². The van der Waals surface area contributed by atoms with Crippen molar-refractivity contribution in [2.45, 2.75) is 18.3 Å². The highest BCUT2D eigenvalue weighted by Gasteiger charge is 2.36. The number of hydrogen-bond acceptors (Lipinski definition) is 3. The van der Waals surface area contributed by atoms with Gasteiger partial charge in [-0.1, -0.05) is 41.9 Å². The minimum absolute atomic E-state index is 0. The number of anilines is 1. The van der Waals surface area contributed by atoms with Crippen LogP contribution in [0.2, 0.25) is 5.02 Å². The molecule has 0 aliphatic carbocycles. The maximum Gasteiger partial charge on any atom is 0.253 e. The molecule has 134 valence electrons. The lowest BCUT2D eigenvalue weighted by Gasteiger charge is -2.38. The Morgan fingerprint density at radius 3 is 2.44 bits per heavy atom. The van der Waals surface area contributed by atoms with Crippen LogP contribution in [-0.4, -0.2) is 25.7 Å². The van der Waals surface area contributed by atoms with Crippen LogP contribution in [-0.2, 0) is 10.2 Å². The van der Waals surface area contributed by atoms with Crippen LogP contribution in [0.25, 0.3) is 0 Å². The highest BCUT2D eigenvalue weighted by molar-refractivity contribution is 6.31. The fraction of sp³-hybridized carbons (Fsp3) is 0.316. The molecule has 0 aromatic heterocycles. The quantitative estimate of drug-likeness (QED) is 0.792. The predicted molar refractivity (Wildman–Crippen MR) is 104 cm³/mol. The molecule has 2 aromatic rings. The van der Waals surface area contributed by atoms with Gasteiger partial charge in [-0.2, -0.15) is 0 Å². The van der Waals surface area contributed by atoms with Gasteiger partial charge in [0.1, 0.15) is 0 Å². The Labute approximate surface area is 159 Å². The number of carbonyl (C=O) groups is 1. The Morgan fingerprint density at radius 1 is 1.12 bits per heavy atom. The summed E-state index contributed by atoms with van der Waals surface area (Å²) in [5.74, 6) is -0.161. The molecule has 25 heavy (non-hydrogen) atoms. The van der Waals surface area contributed by atoms with E-state index in [4.69, 9.17) is 22.1 Å². The van der Waals surface area contributed by atoms with Crippen LogP contribution in [0.15, 0.2) is 48.5 Å². The first kappa shape index (κ1) is 19.6. The Kier molecular flexibility index (Phi) is 6.71. The average molecular weight is 381 g/mol.